The Morgan fingerprint density at radius 1 is 0.667 bits per heavy atom. The molecule has 2 radical (unpaired) electrons. The predicted molar refractivity (Wildman–Crippen MR) is 217 cm³/mol. The molecule has 2 unspecified atom stereocenters. The Kier molecular flexibility index (Phi) is 12.3. The van der Waals surface area contributed by atoms with Gasteiger partial charge in [-0.2, -0.15) is 0 Å². The van der Waals surface area contributed by atoms with E-state index < -0.39 is 31.1 Å². The molecule has 0 aromatic heterocycles. The summed E-state index contributed by atoms with van der Waals surface area (Å²) in [5.41, 5.74) is 6.58. The van der Waals surface area contributed by atoms with Crippen LogP contribution in [0, 0.1) is 11.8 Å². The molecule has 5 rings (SSSR count). The van der Waals surface area contributed by atoms with E-state index >= 15 is 0 Å². The van der Waals surface area contributed by atoms with Gasteiger partial charge in [-0.1, -0.05) is 0 Å². The van der Waals surface area contributed by atoms with Gasteiger partial charge in [0.15, 0.2) is 0 Å². The Labute approximate surface area is 305 Å². The number of allylic oxidation sites excluding steroid dienone is 2. The van der Waals surface area contributed by atoms with Gasteiger partial charge in [-0.15, -0.1) is 0 Å². The van der Waals surface area contributed by atoms with Gasteiger partial charge in [0.1, 0.15) is 0 Å². The molecule has 2 heterocycles. The van der Waals surface area contributed by atoms with Gasteiger partial charge in [-0.3, -0.25) is 0 Å². The van der Waals surface area contributed by atoms with Crippen molar-refractivity contribution in [3.63, 3.8) is 0 Å². The first-order valence-electron chi connectivity index (χ1n) is 19.6. The van der Waals surface area contributed by atoms with Gasteiger partial charge in [-0.25, -0.2) is 0 Å². The fourth-order valence-electron chi connectivity index (χ4n) is 9.82. The van der Waals surface area contributed by atoms with Gasteiger partial charge in [0, 0.05) is 0 Å². The Hall–Kier alpha value is -0.127. The van der Waals surface area contributed by atoms with Crippen molar-refractivity contribution in [2.75, 3.05) is 16.9 Å². The van der Waals surface area contributed by atoms with E-state index in [1.54, 1.807) is 16.8 Å². The van der Waals surface area contributed by atoms with Crippen molar-refractivity contribution < 1.29 is 0 Å². The Morgan fingerprint density at radius 2 is 1.10 bits per heavy atom. The quantitative estimate of drug-likeness (QED) is 0.156. The average molecular weight is 757 g/mol. The maximum atomic E-state index is 3.14. The Bertz CT molecular complexity index is 1310. The van der Waals surface area contributed by atoms with Crippen molar-refractivity contribution in [1.82, 2.24) is 18.7 Å². The first kappa shape index (κ1) is 39.1. The molecule has 2 atom stereocenters. The Balaban J connectivity index is 2.01. The summed E-state index contributed by atoms with van der Waals surface area (Å²) >= 11 is -0.713. The SMILES string of the molecule is CC(C)c1cccc(C(C)C)c1[N]1[Ge][C](P(N(C(C)C)C(C)C)N(C(C)C)C(C)C)=P2(C3=C1C1CCC3C1)N(C(C)C)CCN2C(C)C. The minimum atomic E-state index is -1.97. The number of benzene rings is 1. The van der Waals surface area contributed by atoms with E-state index in [4.69, 9.17) is 0 Å². The molecule has 1 saturated carbocycles. The molecule has 48 heavy (non-hydrogen) atoms. The number of hydrogen-bond acceptors (Lipinski definition) is 5. The first-order chi connectivity index (χ1) is 22.5. The first-order valence-corrected chi connectivity index (χ1v) is 24.5. The van der Waals surface area contributed by atoms with E-state index in [1.165, 1.54) is 32.4 Å². The molecule has 1 aromatic rings. The number of anilines is 1. The van der Waals surface area contributed by atoms with Gasteiger partial charge in [0.2, 0.25) is 0 Å². The van der Waals surface area contributed by atoms with Crippen molar-refractivity contribution in [3.8, 4) is 0 Å². The second kappa shape index (κ2) is 15.1. The van der Waals surface area contributed by atoms with Crippen molar-refractivity contribution in [1.29, 1.82) is 0 Å². The molecule has 1 aromatic carbocycles. The zero-order valence-electron chi connectivity index (χ0n) is 33.7. The molecule has 2 aliphatic heterocycles. The van der Waals surface area contributed by atoms with E-state index in [2.05, 4.69) is 152 Å². The summed E-state index contributed by atoms with van der Waals surface area (Å²) in [4.78, 5) is 0. The molecule has 2 bridgehead atoms. The topological polar surface area (TPSA) is 16.2 Å². The molecule has 1 saturated heterocycles. The zero-order chi connectivity index (χ0) is 35.6. The second-order valence-corrected chi connectivity index (χ2v) is 27.1. The molecule has 8 heteroatoms. The van der Waals surface area contributed by atoms with Crippen LogP contribution in [0.15, 0.2) is 29.2 Å². The second-order valence-electron chi connectivity index (χ2n) is 17.4. The molecule has 2 fully saturated rings. The summed E-state index contributed by atoms with van der Waals surface area (Å²) in [5.74, 6) is 2.45. The molecule has 5 nitrogen and oxygen atoms in total. The third-order valence-electron chi connectivity index (χ3n) is 11.4. The van der Waals surface area contributed by atoms with E-state index in [0.29, 0.717) is 48.1 Å². The summed E-state index contributed by atoms with van der Waals surface area (Å²) in [6, 6.07) is 10.3. The number of hydrogen-bond donors (Lipinski definition) is 0. The summed E-state index contributed by atoms with van der Waals surface area (Å²) in [7, 11) is -2.66. The van der Waals surface area contributed by atoms with Crippen LogP contribution in [-0.2, 0) is 0 Å². The fraction of sp³-hybridized carbons (Fsp3) is 0.775. The van der Waals surface area contributed by atoms with Crippen molar-refractivity contribution in [2.24, 2.45) is 11.8 Å². The van der Waals surface area contributed by atoms with Gasteiger partial charge < -0.3 is 0 Å². The van der Waals surface area contributed by atoms with Gasteiger partial charge in [-0.05, 0) is 0 Å². The maximum absolute atomic E-state index is 3.14. The number of nitrogens with zero attached hydrogens (tertiary/aromatic N) is 5. The summed E-state index contributed by atoms with van der Waals surface area (Å²) in [6.45, 7) is 42.2. The monoisotopic (exact) mass is 757 g/mol. The van der Waals surface area contributed by atoms with Gasteiger partial charge in [0.25, 0.3) is 0 Å². The molecule has 4 aliphatic rings. The van der Waals surface area contributed by atoms with Gasteiger partial charge in [0.05, 0.1) is 0 Å². The Morgan fingerprint density at radius 3 is 1.50 bits per heavy atom. The van der Waals surface area contributed by atoms with Crippen LogP contribution in [0.1, 0.15) is 153 Å². The van der Waals surface area contributed by atoms with Crippen LogP contribution in [0.3, 0.4) is 0 Å². The van der Waals surface area contributed by atoms with Crippen molar-refractivity contribution >= 4 is 40.6 Å². The van der Waals surface area contributed by atoms with E-state index in [9.17, 15) is 0 Å². The molecule has 2 aliphatic carbocycles. The third-order valence-corrected chi connectivity index (χ3v) is 26.6. The number of para-hydroxylation sites is 1. The van der Waals surface area contributed by atoms with Crippen LogP contribution in [0.25, 0.3) is 0 Å². The fourth-order valence-corrected chi connectivity index (χ4v) is 28.7. The van der Waals surface area contributed by atoms with Gasteiger partial charge >= 0.3 is 307 Å². The van der Waals surface area contributed by atoms with Crippen LogP contribution in [0.2, 0.25) is 0 Å². The molecule has 270 valence electrons. The van der Waals surface area contributed by atoms with Crippen molar-refractivity contribution in [2.45, 2.75) is 178 Å². The summed E-state index contributed by atoms with van der Waals surface area (Å²) < 4.78 is 17.4. The zero-order valence-corrected chi connectivity index (χ0v) is 37.6. The molecule has 0 amide bonds. The molecular weight excluding hydrogens is 685 g/mol. The minimum absolute atomic E-state index is 0.482. The molecular formula is C40H71GeN5P2. The average Bonchev–Trinajstić information content (AvgIpc) is 3.70. The van der Waals surface area contributed by atoms with Crippen LogP contribution in [0.4, 0.5) is 5.69 Å². The van der Waals surface area contributed by atoms with E-state index in [-0.39, 0.29) is 0 Å². The van der Waals surface area contributed by atoms with E-state index in [1.807, 2.05) is 14.9 Å². The van der Waals surface area contributed by atoms with Crippen LogP contribution < -0.4 is 3.86 Å². The van der Waals surface area contributed by atoms with E-state index in [0.717, 1.165) is 11.8 Å². The van der Waals surface area contributed by atoms with Crippen LogP contribution in [0.5, 0.6) is 0 Å². The summed E-state index contributed by atoms with van der Waals surface area (Å²) in [5, 5.41) is 1.95. The third kappa shape index (κ3) is 6.43. The standard InChI is InChI=1S/C40H71GeN5P2/c1-25(2)35-18-17-19-36(26(3)4)38(35)44-37-33-20-21-34(24-33)39(37)48(42(27(5)6)22-23-43(48)28(7)8)40(41-44)47(45(29(9)10)30(11)12)46(31(13)14)32(15)16/h17-19,25-34H,20-24H2,1-16H3. The van der Waals surface area contributed by atoms with Crippen LogP contribution >= 0.6 is 15.4 Å². The number of rotatable bonds is 12. The molecule has 0 N–H and O–H groups in total. The predicted octanol–water partition coefficient (Wildman–Crippen LogP) is 10.9. The van der Waals surface area contributed by atoms with Crippen molar-refractivity contribution in [3.05, 3.63) is 40.3 Å². The van der Waals surface area contributed by atoms with Crippen LogP contribution in [-0.4, -0.2) is 87.5 Å². The molecule has 1 spiro atoms. The normalized spacial score (nSPS) is 23.6. The number of fused-ring (bicyclic) bond motifs is 5. The summed E-state index contributed by atoms with van der Waals surface area (Å²) in [6.07, 6.45) is 4.16.